The number of ether oxygens (including phenoxy) is 2. The number of hydrogen-bond donors (Lipinski definition) is 0. The van der Waals surface area contributed by atoms with Gasteiger partial charge in [0.1, 0.15) is 6.61 Å². The zero-order chi connectivity index (χ0) is 11.0. The molecule has 1 unspecified atom stereocenters. The first kappa shape index (κ1) is 9.36. The highest BCUT2D eigenvalue weighted by molar-refractivity contribution is 5.83. The summed E-state index contributed by atoms with van der Waals surface area (Å²) < 4.78 is 10.3. The van der Waals surface area contributed by atoms with Crippen LogP contribution in [0.5, 0.6) is 0 Å². The fraction of sp³-hybridized carbons (Fsp3) is 0.154. The summed E-state index contributed by atoms with van der Waals surface area (Å²) in [5.41, 5.74) is 0.879. The van der Waals surface area contributed by atoms with Gasteiger partial charge in [0.05, 0.1) is 0 Å². The largest absolute Gasteiger partial charge is 0.430 e. The van der Waals surface area contributed by atoms with Gasteiger partial charge in [-0.3, -0.25) is 0 Å². The van der Waals surface area contributed by atoms with Crippen LogP contribution in [-0.2, 0) is 14.3 Å². The highest BCUT2D eigenvalue weighted by Crippen LogP contribution is 2.26. The summed E-state index contributed by atoms with van der Waals surface area (Å²) in [6.45, 7) is 0.0392. The minimum Gasteiger partial charge on any atom is -0.430 e. The minimum atomic E-state index is -0.544. The van der Waals surface area contributed by atoms with Gasteiger partial charge in [0.2, 0.25) is 6.29 Å². The molecule has 3 heteroatoms. The van der Waals surface area contributed by atoms with E-state index in [1.165, 1.54) is 0 Å². The van der Waals surface area contributed by atoms with Crippen molar-refractivity contribution in [1.29, 1.82) is 0 Å². The molecule has 1 aliphatic heterocycles. The van der Waals surface area contributed by atoms with Crippen molar-refractivity contribution < 1.29 is 14.3 Å². The second kappa shape index (κ2) is 3.61. The molecule has 0 bridgehead atoms. The summed E-state index contributed by atoms with van der Waals surface area (Å²) in [5.74, 6) is -0.307. The van der Waals surface area contributed by atoms with Crippen LogP contribution in [0.3, 0.4) is 0 Å². The van der Waals surface area contributed by atoms with E-state index in [0.29, 0.717) is 0 Å². The van der Waals surface area contributed by atoms with Crippen LogP contribution in [-0.4, -0.2) is 12.6 Å². The average Bonchev–Trinajstić information content (AvgIpc) is 2.75. The van der Waals surface area contributed by atoms with Gasteiger partial charge >= 0.3 is 5.97 Å². The van der Waals surface area contributed by atoms with Crippen LogP contribution in [0.15, 0.2) is 42.5 Å². The molecule has 16 heavy (non-hydrogen) atoms. The van der Waals surface area contributed by atoms with Crippen molar-refractivity contribution in [2.45, 2.75) is 6.29 Å². The lowest BCUT2D eigenvalue weighted by Gasteiger charge is -2.09. The molecule has 0 spiro atoms. The van der Waals surface area contributed by atoms with Crippen molar-refractivity contribution in [3.8, 4) is 0 Å². The van der Waals surface area contributed by atoms with Gasteiger partial charge in [-0.15, -0.1) is 0 Å². The average molecular weight is 214 g/mol. The zero-order valence-electron chi connectivity index (χ0n) is 8.55. The van der Waals surface area contributed by atoms with E-state index < -0.39 is 6.29 Å². The molecule has 1 aliphatic rings. The van der Waals surface area contributed by atoms with E-state index in [2.05, 4.69) is 0 Å². The Labute approximate surface area is 92.6 Å². The Balaban J connectivity index is 2.02. The van der Waals surface area contributed by atoms with E-state index in [-0.39, 0.29) is 12.6 Å². The first-order valence-electron chi connectivity index (χ1n) is 5.13. The van der Waals surface area contributed by atoms with Gasteiger partial charge in [0, 0.05) is 5.56 Å². The predicted octanol–water partition coefficient (Wildman–Crippen LogP) is 2.41. The second-order valence-electron chi connectivity index (χ2n) is 3.74. The molecule has 3 nitrogen and oxygen atoms in total. The number of carbonyl (C=O) groups is 1. The number of fused-ring (bicyclic) bond motifs is 1. The van der Waals surface area contributed by atoms with E-state index in [9.17, 15) is 4.79 Å². The molecule has 0 radical (unpaired) electrons. The summed E-state index contributed by atoms with van der Waals surface area (Å²) >= 11 is 0. The van der Waals surface area contributed by atoms with E-state index in [4.69, 9.17) is 9.47 Å². The fourth-order valence-electron chi connectivity index (χ4n) is 1.85. The number of benzene rings is 2. The van der Waals surface area contributed by atoms with Gasteiger partial charge in [-0.1, -0.05) is 36.4 Å². The second-order valence-corrected chi connectivity index (χ2v) is 3.74. The Morgan fingerprint density at radius 1 is 1.06 bits per heavy atom. The molecule has 2 aromatic rings. The first-order valence-corrected chi connectivity index (χ1v) is 5.13. The molecule has 1 saturated heterocycles. The van der Waals surface area contributed by atoms with E-state index in [1.54, 1.807) is 0 Å². The van der Waals surface area contributed by atoms with Gasteiger partial charge in [-0.25, -0.2) is 4.79 Å². The van der Waals surface area contributed by atoms with Crippen molar-refractivity contribution >= 4 is 16.7 Å². The topological polar surface area (TPSA) is 35.5 Å². The monoisotopic (exact) mass is 214 g/mol. The maximum atomic E-state index is 10.9. The van der Waals surface area contributed by atoms with Crippen molar-refractivity contribution in [2.24, 2.45) is 0 Å². The molecule has 1 fully saturated rings. The summed E-state index contributed by atoms with van der Waals surface area (Å²) in [7, 11) is 0. The van der Waals surface area contributed by atoms with Crippen LogP contribution in [0.2, 0.25) is 0 Å². The predicted molar refractivity (Wildman–Crippen MR) is 58.7 cm³/mol. The minimum absolute atomic E-state index is 0.0392. The lowest BCUT2D eigenvalue weighted by Crippen LogP contribution is -1.99. The first-order chi connectivity index (χ1) is 7.83. The molecular weight excluding hydrogens is 204 g/mol. The number of cyclic esters (lactones) is 1. The van der Waals surface area contributed by atoms with E-state index in [1.807, 2.05) is 42.5 Å². The van der Waals surface area contributed by atoms with Gasteiger partial charge in [0.15, 0.2) is 0 Å². The van der Waals surface area contributed by atoms with Crippen LogP contribution in [0, 0.1) is 0 Å². The lowest BCUT2D eigenvalue weighted by atomic mass is 10.1. The van der Waals surface area contributed by atoms with Crippen LogP contribution in [0.1, 0.15) is 11.9 Å². The van der Waals surface area contributed by atoms with Gasteiger partial charge < -0.3 is 9.47 Å². The molecule has 0 saturated carbocycles. The smallest absolute Gasteiger partial charge is 0.334 e. The van der Waals surface area contributed by atoms with Crippen LogP contribution >= 0.6 is 0 Å². The molecule has 3 rings (SSSR count). The Hall–Kier alpha value is -1.87. The molecule has 0 amide bonds. The van der Waals surface area contributed by atoms with Gasteiger partial charge in [-0.05, 0) is 16.8 Å². The molecular formula is C13H10O3. The Morgan fingerprint density at radius 3 is 2.62 bits per heavy atom. The van der Waals surface area contributed by atoms with Crippen molar-refractivity contribution in [2.75, 3.05) is 6.61 Å². The van der Waals surface area contributed by atoms with Crippen LogP contribution in [0.25, 0.3) is 10.8 Å². The number of esters is 1. The van der Waals surface area contributed by atoms with Crippen molar-refractivity contribution in [3.05, 3.63) is 48.0 Å². The normalized spacial score (nSPS) is 20.0. The summed E-state index contributed by atoms with van der Waals surface area (Å²) in [6.07, 6.45) is -0.544. The lowest BCUT2D eigenvalue weighted by molar-refractivity contribution is -0.143. The third-order valence-electron chi connectivity index (χ3n) is 2.64. The Bertz CT molecular complexity index is 548. The SMILES string of the molecule is O=C1COC(c2ccc3ccccc3c2)O1. The highest BCUT2D eigenvalue weighted by atomic mass is 16.7. The Morgan fingerprint density at radius 2 is 1.88 bits per heavy atom. The van der Waals surface area contributed by atoms with E-state index >= 15 is 0 Å². The van der Waals surface area contributed by atoms with Gasteiger partial charge in [0.25, 0.3) is 0 Å². The van der Waals surface area contributed by atoms with Crippen molar-refractivity contribution in [1.82, 2.24) is 0 Å². The number of rotatable bonds is 1. The van der Waals surface area contributed by atoms with E-state index in [0.717, 1.165) is 16.3 Å². The highest BCUT2D eigenvalue weighted by Gasteiger charge is 2.25. The molecule has 80 valence electrons. The number of hydrogen-bond acceptors (Lipinski definition) is 3. The zero-order valence-corrected chi connectivity index (χ0v) is 8.55. The van der Waals surface area contributed by atoms with Crippen LogP contribution in [0.4, 0.5) is 0 Å². The standard InChI is InChI=1S/C13H10O3/c14-12-8-15-13(16-12)11-6-5-9-3-1-2-4-10(9)7-11/h1-7,13H,8H2. The molecule has 1 atom stereocenters. The Kier molecular flexibility index (Phi) is 2.11. The summed E-state index contributed by atoms with van der Waals surface area (Å²) in [4.78, 5) is 10.9. The van der Waals surface area contributed by atoms with Gasteiger partial charge in [-0.2, -0.15) is 0 Å². The molecule has 0 aromatic heterocycles. The maximum Gasteiger partial charge on any atom is 0.334 e. The van der Waals surface area contributed by atoms with Crippen LogP contribution < -0.4 is 0 Å². The van der Waals surface area contributed by atoms with Crippen molar-refractivity contribution in [3.63, 3.8) is 0 Å². The molecule has 2 aromatic carbocycles. The third kappa shape index (κ3) is 1.55. The maximum absolute atomic E-state index is 10.9. The summed E-state index contributed by atoms with van der Waals surface area (Å²) in [5, 5.41) is 2.28. The molecule has 1 heterocycles. The fourth-order valence-corrected chi connectivity index (χ4v) is 1.85. The quantitative estimate of drug-likeness (QED) is 0.684. The summed E-state index contributed by atoms with van der Waals surface area (Å²) in [6, 6.07) is 13.9. The molecule has 0 N–H and O–H groups in total. The third-order valence-corrected chi connectivity index (χ3v) is 2.64. The number of carbonyl (C=O) groups excluding carboxylic acids is 1. The molecule has 0 aliphatic carbocycles.